The maximum atomic E-state index is 13.3. The number of methoxy groups -OCH3 is 1. The Hall–Kier alpha value is -3.19. The van der Waals surface area contributed by atoms with E-state index in [1.807, 2.05) is 25.1 Å². The average Bonchev–Trinajstić information content (AvgIpc) is 3.16. The summed E-state index contributed by atoms with van der Waals surface area (Å²) in [5.41, 5.74) is 1.44. The van der Waals surface area contributed by atoms with Crippen LogP contribution in [0.15, 0.2) is 60.0 Å². The molecule has 0 fully saturated rings. The van der Waals surface area contributed by atoms with Gasteiger partial charge in [0.2, 0.25) is 0 Å². The molecule has 3 aromatic rings. The third-order valence-electron chi connectivity index (χ3n) is 4.26. The maximum Gasteiger partial charge on any atom is 0.341 e. The van der Waals surface area contributed by atoms with Gasteiger partial charge >= 0.3 is 5.97 Å². The molecule has 0 spiro atoms. The highest BCUT2D eigenvalue weighted by Gasteiger charge is 2.25. The van der Waals surface area contributed by atoms with Crippen molar-refractivity contribution in [2.75, 3.05) is 12.4 Å². The molecule has 1 heterocycles. The Morgan fingerprint density at radius 3 is 2.41 bits per heavy atom. The molecule has 1 atom stereocenters. The van der Waals surface area contributed by atoms with E-state index in [0.717, 1.165) is 0 Å². The number of rotatable bonds is 7. The fraction of sp³-hybridized carbons (Fsp3) is 0.182. The van der Waals surface area contributed by atoms with Gasteiger partial charge in [0.1, 0.15) is 22.1 Å². The molecule has 1 unspecified atom stereocenters. The van der Waals surface area contributed by atoms with Gasteiger partial charge in [-0.25, -0.2) is 9.18 Å². The Kier molecular flexibility index (Phi) is 6.61. The molecular weight excluding hydrogens is 393 g/mol. The number of amides is 1. The number of anilines is 1. The molecule has 5 nitrogen and oxygen atoms in total. The number of benzene rings is 2. The number of para-hydroxylation sites is 1. The number of thiophene rings is 1. The van der Waals surface area contributed by atoms with Gasteiger partial charge in [-0.05, 0) is 36.2 Å². The van der Waals surface area contributed by atoms with Crippen molar-refractivity contribution < 1.29 is 23.5 Å². The summed E-state index contributed by atoms with van der Waals surface area (Å²) in [7, 11) is 1.27. The lowest BCUT2D eigenvalue weighted by molar-refractivity contribution is -0.122. The van der Waals surface area contributed by atoms with Crippen molar-refractivity contribution in [2.24, 2.45) is 0 Å². The average molecular weight is 413 g/mol. The first-order chi connectivity index (χ1) is 14.0. The Bertz CT molecular complexity index is 986. The lowest BCUT2D eigenvalue weighted by Crippen LogP contribution is -2.32. The van der Waals surface area contributed by atoms with E-state index in [2.05, 4.69) is 5.32 Å². The topological polar surface area (TPSA) is 64.6 Å². The number of ether oxygens (including phenoxy) is 2. The molecule has 0 saturated carbocycles. The van der Waals surface area contributed by atoms with Crippen LogP contribution in [0.4, 0.5) is 9.39 Å². The third-order valence-corrected chi connectivity index (χ3v) is 5.15. The molecule has 0 aliphatic rings. The summed E-state index contributed by atoms with van der Waals surface area (Å²) in [5, 5.41) is 4.87. The summed E-state index contributed by atoms with van der Waals surface area (Å²) in [6.07, 6.45) is -0.274. The first-order valence-corrected chi connectivity index (χ1v) is 9.89. The minimum atomic E-state index is -0.723. The second-order valence-corrected chi connectivity index (χ2v) is 7.05. The zero-order valence-electron chi connectivity index (χ0n) is 16.0. The van der Waals surface area contributed by atoms with Crippen molar-refractivity contribution in [3.05, 3.63) is 71.4 Å². The van der Waals surface area contributed by atoms with E-state index < -0.39 is 12.1 Å². The number of hydrogen-bond donors (Lipinski definition) is 1. The molecule has 0 radical (unpaired) electrons. The molecule has 0 aliphatic heterocycles. The quantitative estimate of drug-likeness (QED) is 0.545. The maximum absolute atomic E-state index is 13.3. The van der Waals surface area contributed by atoms with Gasteiger partial charge in [-0.2, -0.15) is 0 Å². The van der Waals surface area contributed by atoms with Crippen LogP contribution in [0.2, 0.25) is 0 Å². The number of carbonyl (C=O) groups excluding carboxylic acids is 2. The van der Waals surface area contributed by atoms with E-state index in [4.69, 9.17) is 9.47 Å². The van der Waals surface area contributed by atoms with Crippen molar-refractivity contribution in [3.8, 4) is 16.9 Å². The molecule has 1 amide bonds. The molecule has 0 aliphatic carbocycles. The lowest BCUT2D eigenvalue weighted by Gasteiger charge is -2.17. The SMILES string of the molecule is CCC(Oc1ccccc1)C(=O)Nc1scc(-c2ccc(F)cc2)c1C(=O)OC. The van der Waals surface area contributed by atoms with Gasteiger partial charge in [-0.1, -0.05) is 37.3 Å². The lowest BCUT2D eigenvalue weighted by atomic mass is 10.0. The van der Waals surface area contributed by atoms with Gasteiger partial charge in [0.15, 0.2) is 6.10 Å². The van der Waals surface area contributed by atoms with Crippen molar-refractivity contribution in [2.45, 2.75) is 19.4 Å². The predicted octanol–water partition coefficient (Wildman–Crippen LogP) is 5.14. The van der Waals surface area contributed by atoms with Crippen LogP contribution < -0.4 is 10.1 Å². The highest BCUT2D eigenvalue weighted by Crippen LogP contribution is 2.36. The van der Waals surface area contributed by atoms with Crippen LogP contribution in [-0.4, -0.2) is 25.1 Å². The van der Waals surface area contributed by atoms with Crippen LogP contribution in [0.25, 0.3) is 11.1 Å². The van der Waals surface area contributed by atoms with E-state index in [-0.39, 0.29) is 17.3 Å². The van der Waals surface area contributed by atoms with E-state index >= 15 is 0 Å². The van der Waals surface area contributed by atoms with Crippen molar-refractivity contribution in [1.82, 2.24) is 0 Å². The second-order valence-electron chi connectivity index (χ2n) is 6.17. The van der Waals surface area contributed by atoms with E-state index in [1.165, 1.54) is 30.6 Å². The number of nitrogens with one attached hydrogen (secondary N) is 1. The third kappa shape index (κ3) is 4.81. The summed E-state index contributed by atoms with van der Waals surface area (Å²) in [4.78, 5) is 25.2. The van der Waals surface area contributed by atoms with Crippen molar-refractivity contribution in [3.63, 3.8) is 0 Å². The van der Waals surface area contributed by atoms with Gasteiger partial charge in [-0.15, -0.1) is 11.3 Å². The monoisotopic (exact) mass is 413 g/mol. The molecule has 0 saturated heterocycles. The van der Waals surface area contributed by atoms with E-state index in [0.29, 0.717) is 28.3 Å². The molecule has 1 N–H and O–H groups in total. The molecule has 3 rings (SSSR count). The van der Waals surface area contributed by atoms with Crippen LogP contribution in [0.3, 0.4) is 0 Å². The Labute approximate surface area is 172 Å². The molecule has 2 aromatic carbocycles. The predicted molar refractivity (Wildman–Crippen MR) is 111 cm³/mol. The van der Waals surface area contributed by atoms with Crippen LogP contribution >= 0.6 is 11.3 Å². The van der Waals surface area contributed by atoms with Crippen LogP contribution in [0.5, 0.6) is 5.75 Å². The van der Waals surface area contributed by atoms with E-state index in [9.17, 15) is 14.0 Å². The fourth-order valence-electron chi connectivity index (χ4n) is 2.77. The molecule has 29 heavy (non-hydrogen) atoms. The molecule has 150 valence electrons. The molecule has 7 heteroatoms. The summed E-state index contributed by atoms with van der Waals surface area (Å²) in [6, 6.07) is 14.8. The minimum Gasteiger partial charge on any atom is -0.481 e. The Balaban J connectivity index is 1.86. The highest BCUT2D eigenvalue weighted by molar-refractivity contribution is 7.15. The minimum absolute atomic E-state index is 0.229. The first-order valence-electron chi connectivity index (χ1n) is 9.01. The van der Waals surface area contributed by atoms with Crippen molar-refractivity contribution >= 4 is 28.2 Å². The smallest absolute Gasteiger partial charge is 0.341 e. The first kappa shape index (κ1) is 20.5. The van der Waals surface area contributed by atoms with Crippen LogP contribution in [-0.2, 0) is 9.53 Å². The normalized spacial score (nSPS) is 11.6. The van der Waals surface area contributed by atoms with E-state index in [1.54, 1.807) is 29.6 Å². The zero-order valence-corrected chi connectivity index (χ0v) is 16.8. The van der Waals surface area contributed by atoms with Gasteiger partial charge in [-0.3, -0.25) is 4.79 Å². The number of hydrogen-bond acceptors (Lipinski definition) is 5. The standard InChI is InChI=1S/C22H20FNO4S/c1-3-18(28-16-7-5-4-6-8-16)20(25)24-21-19(22(26)27-2)17(13-29-21)14-9-11-15(23)12-10-14/h4-13,18H,3H2,1-2H3,(H,24,25). The molecule has 0 bridgehead atoms. The zero-order chi connectivity index (χ0) is 20.8. The Morgan fingerprint density at radius 1 is 1.10 bits per heavy atom. The van der Waals surface area contributed by atoms with Gasteiger partial charge in [0.05, 0.1) is 7.11 Å². The van der Waals surface area contributed by atoms with Gasteiger partial charge in [0.25, 0.3) is 5.91 Å². The van der Waals surface area contributed by atoms with Crippen LogP contribution in [0.1, 0.15) is 23.7 Å². The summed E-state index contributed by atoms with van der Waals surface area (Å²) < 4.78 is 23.9. The van der Waals surface area contributed by atoms with Gasteiger partial charge < -0.3 is 14.8 Å². The molecular formula is C22H20FNO4S. The fourth-order valence-corrected chi connectivity index (χ4v) is 3.73. The van der Waals surface area contributed by atoms with Crippen molar-refractivity contribution in [1.29, 1.82) is 0 Å². The molecule has 1 aromatic heterocycles. The largest absolute Gasteiger partial charge is 0.481 e. The number of carbonyl (C=O) groups is 2. The second kappa shape index (κ2) is 9.34. The summed E-state index contributed by atoms with van der Waals surface area (Å²) >= 11 is 1.20. The Morgan fingerprint density at radius 2 is 1.79 bits per heavy atom. The number of halogens is 1. The summed E-state index contributed by atoms with van der Waals surface area (Å²) in [5.74, 6) is -0.742. The summed E-state index contributed by atoms with van der Waals surface area (Å²) in [6.45, 7) is 1.84. The highest BCUT2D eigenvalue weighted by atomic mass is 32.1. The van der Waals surface area contributed by atoms with Crippen LogP contribution in [0, 0.1) is 5.82 Å². The van der Waals surface area contributed by atoms with Gasteiger partial charge in [0, 0.05) is 10.9 Å². The number of esters is 1.